The number of epoxide rings is 1. The monoisotopic (exact) mass is 497 g/mol. The van der Waals surface area contributed by atoms with Gasteiger partial charge in [-0.05, 0) is 12.6 Å². The molecule has 10 atom stereocenters. The number of carbonyl (C=O) groups excluding carboxylic acids is 2. The molecule has 3 aliphatic rings. The number of benzene rings is 1. The van der Waals surface area contributed by atoms with Crippen LogP contribution in [0.5, 0.6) is 0 Å². The number of carboxylic acid groups (broad SMARTS) is 1. The first-order chi connectivity index (χ1) is 16.6. The van der Waals surface area contributed by atoms with Crippen molar-refractivity contribution in [3.8, 4) is 0 Å². The number of hydrogen-bond donors (Lipinski definition) is 6. The van der Waals surface area contributed by atoms with Gasteiger partial charge >= 0.3 is 11.9 Å². The van der Waals surface area contributed by atoms with Crippen LogP contribution in [0.4, 0.5) is 0 Å². The highest BCUT2D eigenvalue weighted by Gasteiger charge is 2.62. The highest BCUT2D eigenvalue weighted by molar-refractivity contribution is 5.78. The van der Waals surface area contributed by atoms with Gasteiger partial charge in [0.1, 0.15) is 42.5 Å². The summed E-state index contributed by atoms with van der Waals surface area (Å²) >= 11 is 0. The van der Waals surface area contributed by atoms with Gasteiger partial charge in [0.25, 0.3) is 0 Å². The molecule has 0 aromatic heterocycles. The molecule has 0 aliphatic carbocycles. The first kappa shape index (κ1) is 27.1. The van der Waals surface area contributed by atoms with Gasteiger partial charge in [0.2, 0.25) is 0 Å². The lowest BCUT2D eigenvalue weighted by Crippen LogP contribution is -2.48. The van der Waals surface area contributed by atoms with Crippen molar-refractivity contribution in [3.63, 3.8) is 0 Å². The number of piperidine rings is 1. The molecule has 2 bridgehead atoms. The summed E-state index contributed by atoms with van der Waals surface area (Å²) in [5, 5.41) is 52.8. The van der Waals surface area contributed by atoms with E-state index in [0.717, 1.165) is 18.4 Å². The van der Waals surface area contributed by atoms with Gasteiger partial charge in [-0.15, -0.1) is 0 Å². The van der Waals surface area contributed by atoms with Crippen LogP contribution in [0.15, 0.2) is 30.3 Å². The van der Waals surface area contributed by atoms with Crippen molar-refractivity contribution in [1.29, 1.82) is 0 Å². The molecule has 1 aromatic carbocycles. The highest BCUT2D eigenvalue weighted by Crippen LogP contribution is 2.48. The summed E-state index contributed by atoms with van der Waals surface area (Å²) < 4.78 is 11.4. The maximum absolute atomic E-state index is 12.4. The van der Waals surface area contributed by atoms with Gasteiger partial charge in [0, 0.05) is 24.9 Å². The maximum atomic E-state index is 12.4. The highest BCUT2D eigenvalue weighted by atomic mass is 16.6. The first-order valence-corrected chi connectivity index (χ1v) is 11.2. The number of rotatable bonds is 9. The fourth-order valence-electron chi connectivity index (χ4n) is 4.66. The molecule has 0 amide bonds. The molecular weight excluding hydrogens is 466 g/mol. The van der Waals surface area contributed by atoms with E-state index in [2.05, 4.69) is 11.9 Å². The first-order valence-electron chi connectivity index (χ1n) is 11.2. The van der Waals surface area contributed by atoms with E-state index in [0.29, 0.717) is 24.3 Å². The lowest BCUT2D eigenvalue weighted by Gasteiger charge is -2.38. The number of hydrogen-bond acceptors (Lipinski definition) is 11. The van der Waals surface area contributed by atoms with Gasteiger partial charge < -0.3 is 44.9 Å². The minimum absolute atomic E-state index is 0.0622. The molecule has 3 fully saturated rings. The second kappa shape index (κ2) is 11.5. The zero-order chi connectivity index (χ0) is 25.9. The number of aliphatic hydroxyl groups excluding tert-OH is 5. The molecule has 3 aliphatic heterocycles. The number of likely N-dealkylation sites (N-methyl/N-ethyl adjacent to an activating group) is 1. The molecule has 1 aromatic rings. The van der Waals surface area contributed by atoms with Crippen molar-refractivity contribution in [2.45, 2.75) is 73.6 Å². The standard InChI is InChI=1S/C17H21NO4.C6H10O7/c1-18-13-7-11(8-14(18)16-15(13)22-16)21-17(20)12(9-19)10-5-3-2-4-6-10;7-1-2(8)3(9)4(10)5(11)6(12)13/h2-6,11-16,19H,7-9H2,1H3;1-5,8-11H,(H,12,13)/t11-,12-,13-,14+,15-,16+;2-,3+,4-,5-/m10/s1. The Kier molecular flexibility index (Phi) is 8.94. The normalized spacial score (nSPS) is 31.0. The summed E-state index contributed by atoms with van der Waals surface area (Å²) in [5.74, 6) is -2.67. The van der Waals surface area contributed by atoms with Crippen LogP contribution in [0.25, 0.3) is 0 Å². The number of aliphatic carboxylic acids is 1. The number of aliphatic hydroxyl groups is 5. The Hall–Kier alpha value is -2.45. The molecule has 6 N–H and O–H groups in total. The van der Waals surface area contributed by atoms with Crippen molar-refractivity contribution in [3.05, 3.63) is 35.9 Å². The molecule has 35 heavy (non-hydrogen) atoms. The predicted octanol–water partition coefficient (Wildman–Crippen LogP) is -2.37. The van der Waals surface area contributed by atoms with E-state index in [4.69, 9.17) is 35.0 Å². The molecule has 3 heterocycles. The summed E-state index contributed by atoms with van der Waals surface area (Å²) in [6.45, 7) is -0.226. The van der Waals surface area contributed by atoms with Crippen LogP contribution in [-0.2, 0) is 23.9 Å². The average molecular weight is 497 g/mol. The van der Waals surface area contributed by atoms with Crippen LogP contribution in [0.3, 0.4) is 0 Å². The zero-order valence-electron chi connectivity index (χ0n) is 19.0. The number of ether oxygens (including phenoxy) is 2. The van der Waals surface area contributed by atoms with Crippen LogP contribution in [-0.4, -0.2) is 122 Å². The van der Waals surface area contributed by atoms with Crippen LogP contribution >= 0.6 is 0 Å². The molecule has 12 nitrogen and oxygen atoms in total. The molecule has 0 spiro atoms. The van der Waals surface area contributed by atoms with Gasteiger partial charge in [0.15, 0.2) is 12.4 Å². The van der Waals surface area contributed by atoms with E-state index in [1.165, 1.54) is 0 Å². The summed E-state index contributed by atoms with van der Waals surface area (Å²) in [6.07, 6.45) is -6.13. The molecule has 194 valence electrons. The van der Waals surface area contributed by atoms with E-state index < -0.39 is 36.3 Å². The van der Waals surface area contributed by atoms with E-state index >= 15 is 0 Å². The molecule has 0 saturated carbocycles. The molecule has 4 rings (SSSR count). The van der Waals surface area contributed by atoms with Gasteiger partial charge in [-0.3, -0.25) is 9.69 Å². The molecule has 0 unspecified atom stereocenters. The molecule has 3 saturated heterocycles. The Balaban J connectivity index is 0.000000228. The van der Waals surface area contributed by atoms with E-state index in [-0.39, 0.29) is 25.0 Å². The lowest BCUT2D eigenvalue weighted by molar-refractivity contribution is -0.163. The third-order valence-corrected chi connectivity index (χ3v) is 6.74. The number of carboxylic acids is 1. The molecule has 12 heteroatoms. The average Bonchev–Trinajstić information content (AvgIpc) is 3.62. The van der Waals surface area contributed by atoms with Gasteiger partial charge in [-0.1, -0.05) is 30.3 Å². The predicted molar refractivity (Wildman–Crippen MR) is 117 cm³/mol. The quantitative estimate of drug-likeness (QED) is 0.121. The number of aldehydes is 1. The van der Waals surface area contributed by atoms with Crippen molar-refractivity contribution in [1.82, 2.24) is 4.90 Å². The number of fused-ring (bicyclic) bond motifs is 5. The second-order valence-corrected chi connectivity index (χ2v) is 8.93. The summed E-state index contributed by atoms with van der Waals surface area (Å²) in [4.78, 5) is 34.7. The fraction of sp³-hybridized carbons (Fsp3) is 0.609. The second-order valence-electron chi connectivity index (χ2n) is 8.93. The Bertz CT molecular complexity index is 865. The SMILES string of the molecule is CN1[C@@H]2C[C@@H](OC(=O)[C@H](CO)c3ccccc3)C[C@H]1[C@@H]1O[C@@H]12.O=C[C@H](O)[C@@H](O)[C@H](O)[C@H](O)C(=O)O. The Morgan fingerprint density at radius 3 is 2.14 bits per heavy atom. The minimum atomic E-state index is -2.25. The third kappa shape index (κ3) is 6.04. The number of morpholine rings is 1. The van der Waals surface area contributed by atoms with Crippen LogP contribution < -0.4 is 0 Å². The van der Waals surface area contributed by atoms with Gasteiger partial charge in [-0.2, -0.15) is 0 Å². The lowest BCUT2D eigenvalue weighted by atomic mass is 9.97. The smallest absolute Gasteiger partial charge is 0.335 e. The Morgan fingerprint density at radius 1 is 1.09 bits per heavy atom. The van der Waals surface area contributed by atoms with E-state index in [1.807, 2.05) is 30.3 Å². The third-order valence-electron chi connectivity index (χ3n) is 6.74. The minimum Gasteiger partial charge on any atom is -0.479 e. The summed E-state index contributed by atoms with van der Waals surface area (Å²) in [6, 6.07) is 10.1. The number of carbonyl (C=O) groups is 3. The van der Waals surface area contributed by atoms with Crippen LogP contribution in [0.1, 0.15) is 24.3 Å². The van der Waals surface area contributed by atoms with Crippen molar-refractivity contribution < 1.29 is 54.5 Å². The van der Waals surface area contributed by atoms with Gasteiger partial charge in [-0.25, -0.2) is 4.79 Å². The number of esters is 1. The Morgan fingerprint density at radius 2 is 1.66 bits per heavy atom. The topological polar surface area (TPSA) is 198 Å². The molecular formula is C23H31NO11. The van der Waals surface area contributed by atoms with Crippen molar-refractivity contribution in [2.75, 3.05) is 13.7 Å². The maximum Gasteiger partial charge on any atom is 0.335 e. The fourth-order valence-corrected chi connectivity index (χ4v) is 4.66. The van der Waals surface area contributed by atoms with Crippen molar-refractivity contribution >= 4 is 18.2 Å². The molecule has 0 radical (unpaired) electrons. The Labute approximate surface area is 201 Å². The largest absolute Gasteiger partial charge is 0.479 e. The summed E-state index contributed by atoms with van der Waals surface area (Å²) in [5.41, 5.74) is 0.803. The number of nitrogens with zero attached hydrogens (tertiary/aromatic N) is 1. The van der Waals surface area contributed by atoms with Crippen LogP contribution in [0.2, 0.25) is 0 Å². The summed E-state index contributed by atoms with van der Waals surface area (Å²) in [7, 11) is 2.13. The van der Waals surface area contributed by atoms with Crippen LogP contribution in [0, 0.1) is 0 Å². The van der Waals surface area contributed by atoms with E-state index in [9.17, 15) is 19.5 Å². The van der Waals surface area contributed by atoms with Crippen molar-refractivity contribution in [2.24, 2.45) is 0 Å². The zero-order valence-corrected chi connectivity index (χ0v) is 19.0. The van der Waals surface area contributed by atoms with E-state index in [1.54, 1.807) is 0 Å². The van der Waals surface area contributed by atoms with Gasteiger partial charge in [0.05, 0.1) is 6.61 Å².